The summed E-state index contributed by atoms with van der Waals surface area (Å²) in [6.07, 6.45) is 2.39. The first-order chi connectivity index (χ1) is 11.1. The molecule has 0 radical (unpaired) electrons. The van der Waals surface area contributed by atoms with Gasteiger partial charge in [-0.3, -0.25) is 4.79 Å². The van der Waals surface area contributed by atoms with Crippen molar-refractivity contribution in [3.05, 3.63) is 47.9 Å². The zero-order valence-corrected chi connectivity index (χ0v) is 13.0. The third kappa shape index (κ3) is 3.83. The summed E-state index contributed by atoms with van der Waals surface area (Å²) in [5.74, 6) is 0.743. The van der Waals surface area contributed by atoms with Crippen LogP contribution in [0.4, 0.5) is 15.9 Å². The molecule has 1 atom stereocenters. The van der Waals surface area contributed by atoms with Crippen LogP contribution in [0.1, 0.15) is 30.3 Å². The van der Waals surface area contributed by atoms with Crippen molar-refractivity contribution < 1.29 is 9.18 Å². The van der Waals surface area contributed by atoms with Crippen LogP contribution >= 0.6 is 0 Å². The van der Waals surface area contributed by atoms with Gasteiger partial charge in [0.15, 0.2) is 11.5 Å². The molecule has 0 aliphatic carbocycles. The summed E-state index contributed by atoms with van der Waals surface area (Å²) < 4.78 is 12.9. The SMILES string of the molecule is CC1CCCN(c2ccc(C(=O)Nc3ccc(F)cc3)nn2)C1. The summed E-state index contributed by atoms with van der Waals surface area (Å²) in [6, 6.07) is 9.09. The van der Waals surface area contributed by atoms with Crippen molar-refractivity contribution in [2.75, 3.05) is 23.3 Å². The molecule has 2 aromatic rings. The maximum Gasteiger partial charge on any atom is 0.276 e. The third-order valence-corrected chi connectivity index (χ3v) is 3.97. The molecule has 5 nitrogen and oxygen atoms in total. The Morgan fingerprint density at radius 3 is 2.65 bits per heavy atom. The molecule has 2 heterocycles. The van der Waals surface area contributed by atoms with Gasteiger partial charge in [-0.15, -0.1) is 10.2 Å². The number of nitrogens with one attached hydrogen (secondary N) is 1. The van der Waals surface area contributed by atoms with E-state index in [1.54, 1.807) is 6.07 Å². The van der Waals surface area contributed by atoms with E-state index in [1.165, 1.54) is 30.7 Å². The van der Waals surface area contributed by atoms with Crippen LogP contribution in [0.5, 0.6) is 0 Å². The van der Waals surface area contributed by atoms with Crippen molar-refractivity contribution in [2.45, 2.75) is 19.8 Å². The monoisotopic (exact) mass is 314 g/mol. The molecule has 23 heavy (non-hydrogen) atoms. The molecule has 1 N–H and O–H groups in total. The maximum atomic E-state index is 12.9. The predicted octanol–water partition coefficient (Wildman–Crippen LogP) is 3.10. The number of benzene rings is 1. The Kier molecular flexibility index (Phi) is 4.50. The molecule has 0 bridgehead atoms. The summed E-state index contributed by atoms with van der Waals surface area (Å²) >= 11 is 0. The fourth-order valence-electron chi connectivity index (χ4n) is 2.74. The van der Waals surface area contributed by atoms with Gasteiger partial charge in [0.1, 0.15) is 5.82 Å². The lowest BCUT2D eigenvalue weighted by atomic mass is 10.0. The molecule has 0 saturated carbocycles. The second kappa shape index (κ2) is 6.73. The first-order valence-electron chi connectivity index (χ1n) is 7.77. The van der Waals surface area contributed by atoms with E-state index >= 15 is 0 Å². The Hall–Kier alpha value is -2.50. The minimum Gasteiger partial charge on any atom is -0.355 e. The van der Waals surface area contributed by atoms with E-state index < -0.39 is 0 Å². The highest BCUT2D eigenvalue weighted by atomic mass is 19.1. The number of halogens is 1. The van der Waals surface area contributed by atoms with Gasteiger partial charge in [-0.25, -0.2) is 4.39 Å². The molecular formula is C17H19FN4O. The first-order valence-corrected chi connectivity index (χ1v) is 7.77. The second-order valence-corrected chi connectivity index (χ2v) is 5.93. The van der Waals surface area contributed by atoms with E-state index in [-0.39, 0.29) is 17.4 Å². The molecule has 6 heteroatoms. The maximum absolute atomic E-state index is 12.9. The topological polar surface area (TPSA) is 58.1 Å². The zero-order chi connectivity index (χ0) is 16.2. The number of carbonyl (C=O) groups excluding carboxylic acids is 1. The fraction of sp³-hybridized carbons (Fsp3) is 0.353. The van der Waals surface area contributed by atoms with Crippen LogP contribution in [-0.2, 0) is 0 Å². The van der Waals surface area contributed by atoms with Crippen molar-refractivity contribution in [1.82, 2.24) is 10.2 Å². The van der Waals surface area contributed by atoms with E-state index in [2.05, 4.69) is 27.3 Å². The summed E-state index contributed by atoms with van der Waals surface area (Å²) in [5, 5.41) is 10.9. The van der Waals surface area contributed by atoms with Gasteiger partial charge >= 0.3 is 0 Å². The van der Waals surface area contributed by atoms with E-state index in [4.69, 9.17) is 0 Å². The van der Waals surface area contributed by atoms with Crippen molar-refractivity contribution >= 4 is 17.4 Å². The Labute approximate surface area is 134 Å². The zero-order valence-electron chi connectivity index (χ0n) is 13.0. The number of amides is 1. The van der Waals surface area contributed by atoms with Gasteiger partial charge in [0.05, 0.1) is 0 Å². The van der Waals surface area contributed by atoms with Gasteiger partial charge in [0.2, 0.25) is 0 Å². The number of hydrogen-bond donors (Lipinski definition) is 1. The Morgan fingerprint density at radius 2 is 2.00 bits per heavy atom. The highest BCUT2D eigenvalue weighted by Gasteiger charge is 2.18. The van der Waals surface area contributed by atoms with Crippen LogP contribution in [0.15, 0.2) is 36.4 Å². The minimum absolute atomic E-state index is 0.239. The van der Waals surface area contributed by atoms with Gasteiger partial charge < -0.3 is 10.2 Å². The molecule has 1 aromatic carbocycles. The number of nitrogens with zero attached hydrogens (tertiary/aromatic N) is 3. The lowest BCUT2D eigenvalue weighted by Gasteiger charge is -2.31. The van der Waals surface area contributed by atoms with Gasteiger partial charge in [0.25, 0.3) is 5.91 Å². The van der Waals surface area contributed by atoms with Crippen LogP contribution in [-0.4, -0.2) is 29.2 Å². The Balaban J connectivity index is 1.66. The number of rotatable bonds is 3. The van der Waals surface area contributed by atoms with Gasteiger partial charge in [-0.05, 0) is 55.2 Å². The Bertz CT molecular complexity index is 672. The highest BCUT2D eigenvalue weighted by Crippen LogP contribution is 2.20. The van der Waals surface area contributed by atoms with Crippen molar-refractivity contribution in [2.24, 2.45) is 5.92 Å². The molecule has 1 amide bonds. The van der Waals surface area contributed by atoms with Crippen LogP contribution in [0, 0.1) is 11.7 Å². The average Bonchev–Trinajstić information content (AvgIpc) is 2.57. The van der Waals surface area contributed by atoms with E-state index in [1.807, 2.05) is 6.07 Å². The number of carbonyl (C=O) groups is 1. The van der Waals surface area contributed by atoms with Crippen LogP contribution in [0.2, 0.25) is 0 Å². The summed E-state index contributed by atoms with van der Waals surface area (Å²) in [6.45, 7) is 4.17. The highest BCUT2D eigenvalue weighted by molar-refractivity contribution is 6.02. The molecule has 1 unspecified atom stereocenters. The normalized spacial score (nSPS) is 17.8. The standard InChI is InChI=1S/C17H19FN4O/c1-12-3-2-10-22(11-12)16-9-8-15(20-21-16)17(23)19-14-6-4-13(18)5-7-14/h4-9,12H,2-3,10-11H2,1H3,(H,19,23). The fourth-order valence-corrected chi connectivity index (χ4v) is 2.74. The molecule has 1 fully saturated rings. The van der Waals surface area contributed by atoms with Crippen LogP contribution < -0.4 is 10.2 Å². The number of aromatic nitrogens is 2. The molecule has 1 aliphatic rings. The summed E-state index contributed by atoms with van der Waals surface area (Å²) in [5.41, 5.74) is 0.760. The number of hydrogen-bond acceptors (Lipinski definition) is 4. The first kappa shape index (κ1) is 15.4. The predicted molar refractivity (Wildman–Crippen MR) is 87.0 cm³/mol. The molecule has 1 aromatic heterocycles. The average molecular weight is 314 g/mol. The van der Waals surface area contributed by atoms with Gasteiger partial charge in [-0.1, -0.05) is 6.92 Å². The molecule has 120 valence electrons. The lowest BCUT2D eigenvalue weighted by Crippen LogP contribution is -2.35. The molecule has 1 aliphatic heterocycles. The summed E-state index contributed by atoms with van der Waals surface area (Å²) in [7, 11) is 0. The smallest absolute Gasteiger partial charge is 0.276 e. The van der Waals surface area contributed by atoms with Crippen LogP contribution in [0.3, 0.4) is 0 Å². The number of piperidine rings is 1. The summed E-state index contributed by atoms with van der Waals surface area (Å²) in [4.78, 5) is 14.3. The van der Waals surface area contributed by atoms with E-state index in [0.29, 0.717) is 11.6 Å². The Morgan fingerprint density at radius 1 is 1.22 bits per heavy atom. The van der Waals surface area contributed by atoms with Crippen LogP contribution in [0.25, 0.3) is 0 Å². The third-order valence-electron chi connectivity index (χ3n) is 3.97. The second-order valence-electron chi connectivity index (χ2n) is 5.93. The molecular weight excluding hydrogens is 295 g/mol. The van der Waals surface area contributed by atoms with Crippen molar-refractivity contribution in [3.8, 4) is 0 Å². The van der Waals surface area contributed by atoms with Gasteiger partial charge in [-0.2, -0.15) is 0 Å². The number of anilines is 2. The molecule has 0 spiro atoms. The van der Waals surface area contributed by atoms with E-state index in [0.717, 1.165) is 25.3 Å². The van der Waals surface area contributed by atoms with Crippen molar-refractivity contribution in [1.29, 1.82) is 0 Å². The largest absolute Gasteiger partial charge is 0.355 e. The van der Waals surface area contributed by atoms with E-state index in [9.17, 15) is 9.18 Å². The lowest BCUT2D eigenvalue weighted by molar-refractivity contribution is 0.102. The molecule has 3 rings (SSSR count). The van der Waals surface area contributed by atoms with Gasteiger partial charge in [0, 0.05) is 18.8 Å². The minimum atomic E-state index is -0.359. The van der Waals surface area contributed by atoms with Crippen molar-refractivity contribution in [3.63, 3.8) is 0 Å². The molecule has 1 saturated heterocycles. The quantitative estimate of drug-likeness (QED) is 0.946.